The molecule has 1 aliphatic carbocycles. The zero-order chi connectivity index (χ0) is 13.1. The summed E-state index contributed by atoms with van der Waals surface area (Å²) in [4.78, 5) is 22.7. The van der Waals surface area contributed by atoms with Gasteiger partial charge in [-0.2, -0.15) is 0 Å². The first-order valence-corrected chi connectivity index (χ1v) is 7.60. The van der Waals surface area contributed by atoms with Crippen LogP contribution in [0.3, 0.4) is 0 Å². The standard InChI is InChI=1S/C11H14N2O3S2/c1-17-11-8-6(3-2-4-7(8)15)9(18-11)10(16)13-12-5-14/h5,7,15H,2-4H2,1H3,(H,12,14)(H,13,16). The average molecular weight is 286 g/mol. The van der Waals surface area contributed by atoms with Crippen LogP contribution in [0.5, 0.6) is 0 Å². The molecule has 0 spiro atoms. The van der Waals surface area contributed by atoms with Gasteiger partial charge in [0.25, 0.3) is 5.91 Å². The fourth-order valence-electron chi connectivity index (χ4n) is 2.14. The summed E-state index contributed by atoms with van der Waals surface area (Å²) in [6.45, 7) is 0. The first-order valence-electron chi connectivity index (χ1n) is 5.56. The van der Waals surface area contributed by atoms with E-state index in [0.29, 0.717) is 11.3 Å². The zero-order valence-corrected chi connectivity index (χ0v) is 11.5. The van der Waals surface area contributed by atoms with Crippen LogP contribution in [0.1, 0.15) is 39.7 Å². The molecule has 1 unspecified atom stereocenters. The van der Waals surface area contributed by atoms with Gasteiger partial charge in [-0.25, -0.2) is 0 Å². The molecule has 18 heavy (non-hydrogen) atoms. The zero-order valence-electron chi connectivity index (χ0n) is 9.86. The summed E-state index contributed by atoms with van der Waals surface area (Å²) in [6, 6.07) is 0. The number of carbonyl (C=O) groups is 2. The van der Waals surface area contributed by atoms with E-state index in [9.17, 15) is 14.7 Å². The molecule has 2 rings (SSSR count). The Morgan fingerprint density at radius 3 is 3.06 bits per heavy atom. The molecule has 1 aliphatic rings. The Morgan fingerprint density at radius 2 is 2.39 bits per heavy atom. The van der Waals surface area contributed by atoms with Gasteiger partial charge in [0.2, 0.25) is 6.41 Å². The van der Waals surface area contributed by atoms with Crippen LogP contribution in [0.2, 0.25) is 0 Å². The molecule has 0 bridgehead atoms. The number of carbonyl (C=O) groups excluding carboxylic acids is 2. The van der Waals surface area contributed by atoms with Crippen LogP contribution in [-0.2, 0) is 11.2 Å². The number of aliphatic hydroxyl groups is 1. The van der Waals surface area contributed by atoms with Gasteiger partial charge in [0.1, 0.15) is 0 Å². The number of thioether (sulfide) groups is 1. The van der Waals surface area contributed by atoms with Crippen molar-refractivity contribution in [2.24, 2.45) is 0 Å². The van der Waals surface area contributed by atoms with Crippen molar-refractivity contribution < 1.29 is 14.7 Å². The predicted molar refractivity (Wildman–Crippen MR) is 70.7 cm³/mol. The molecule has 1 aromatic heterocycles. The van der Waals surface area contributed by atoms with Crippen molar-refractivity contribution in [2.75, 3.05) is 6.26 Å². The summed E-state index contributed by atoms with van der Waals surface area (Å²) in [7, 11) is 0. The number of fused-ring (bicyclic) bond motifs is 1. The summed E-state index contributed by atoms with van der Waals surface area (Å²) in [5, 5.41) is 10.0. The van der Waals surface area contributed by atoms with E-state index in [1.807, 2.05) is 6.26 Å². The number of amides is 2. The molecule has 5 nitrogen and oxygen atoms in total. The topological polar surface area (TPSA) is 78.4 Å². The molecule has 0 aromatic carbocycles. The third-order valence-electron chi connectivity index (χ3n) is 2.89. The van der Waals surface area contributed by atoms with Crippen LogP contribution in [-0.4, -0.2) is 23.7 Å². The molecule has 0 aliphatic heterocycles. The second kappa shape index (κ2) is 5.73. The maximum atomic E-state index is 11.9. The Morgan fingerprint density at radius 1 is 1.61 bits per heavy atom. The molecule has 1 heterocycles. The van der Waals surface area contributed by atoms with E-state index >= 15 is 0 Å². The molecular formula is C11H14N2O3S2. The van der Waals surface area contributed by atoms with Crippen molar-refractivity contribution in [1.82, 2.24) is 10.9 Å². The van der Waals surface area contributed by atoms with Crippen LogP contribution < -0.4 is 10.9 Å². The molecule has 0 fully saturated rings. The Balaban J connectivity index is 2.36. The number of hydrazine groups is 1. The first-order chi connectivity index (χ1) is 8.69. The highest BCUT2D eigenvalue weighted by Crippen LogP contribution is 2.43. The van der Waals surface area contributed by atoms with E-state index in [0.717, 1.165) is 34.6 Å². The maximum absolute atomic E-state index is 11.9. The lowest BCUT2D eigenvalue weighted by Gasteiger charge is -2.19. The monoisotopic (exact) mass is 286 g/mol. The quantitative estimate of drug-likeness (QED) is 0.442. The highest BCUT2D eigenvalue weighted by atomic mass is 32.2. The third-order valence-corrected chi connectivity index (χ3v) is 5.27. The van der Waals surface area contributed by atoms with Crippen molar-refractivity contribution in [2.45, 2.75) is 29.6 Å². The Kier molecular flexibility index (Phi) is 4.26. The molecule has 7 heteroatoms. The van der Waals surface area contributed by atoms with Gasteiger partial charge >= 0.3 is 0 Å². The lowest BCUT2D eigenvalue weighted by Crippen LogP contribution is -2.36. The minimum absolute atomic E-state index is 0.322. The van der Waals surface area contributed by atoms with Crippen molar-refractivity contribution >= 4 is 35.4 Å². The van der Waals surface area contributed by atoms with Crippen LogP contribution in [0.15, 0.2) is 4.21 Å². The number of nitrogens with one attached hydrogen (secondary N) is 2. The van der Waals surface area contributed by atoms with E-state index in [1.165, 1.54) is 23.1 Å². The van der Waals surface area contributed by atoms with E-state index in [-0.39, 0.29) is 5.91 Å². The Bertz CT molecular complexity index is 473. The summed E-state index contributed by atoms with van der Waals surface area (Å²) >= 11 is 2.91. The maximum Gasteiger partial charge on any atom is 0.280 e. The van der Waals surface area contributed by atoms with E-state index < -0.39 is 6.10 Å². The molecule has 0 radical (unpaired) electrons. The van der Waals surface area contributed by atoms with Gasteiger partial charge in [0.05, 0.1) is 15.2 Å². The van der Waals surface area contributed by atoms with Crippen LogP contribution in [0.4, 0.5) is 0 Å². The smallest absolute Gasteiger partial charge is 0.280 e. The number of thiophene rings is 1. The van der Waals surface area contributed by atoms with Crippen molar-refractivity contribution in [1.29, 1.82) is 0 Å². The average Bonchev–Trinajstić information content (AvgIpc) is 2.76. The molecule has 0 saturated carbocycles. The van der Waals surface area contributed by atoms with Crippen LogP contribution in [0.25, 0.3) is 0 Å². The van der Waals surface area contributed by atoms with Gasteiger partial charge in [-0.1, -0.05) is 0 Å². The fraction of sp³-hybridized carbons (Fsp3) is 0.455. The normalized spacial score (nSPS) is 18.0. The minimum Gasteiger partial charge on any atom is -0.388 e. The molecule has 2 amide bonds. The predicted octanol–water partition coefficient (Wildman–Crippen LogP) is 1.23. The SMILES string of the molecule is CSc1sc(C(=O)NNC=O)c2c1C(O)CCC2. The largest absolute Gasteiger partial charge is 0.388 e. The Hall–Kier alpha value is -1.05. The second-order valence-electron chi connectivity index (χ2n) is 3.94. The van der Waals surface area contributed by atoms with Crippen LogP contribution in [0, 0.1) is 0 Å². The molecule has 3 N–H and O–H groups in total. The van der Waals surface area contributed by atoms with Gasteiger partial charge in [0.15, 0.2) is 0 Å². The fourth-order valence-corrected chi connectivity index (χ4v) is 4.24. The van der Waals surface area contributed by atoms with Gasteiger partial charge in [0, 0.05) is 5.56 Å². The highest BCUT2D eigenvalue weighted by molar-refractivity contribution is 8.00. The summed E-state index contributed by atoms with van der Waals surface area (Å²) in [5.74, 6) is -0.322. The summed E-state index contributed by atoms with van der Waals surface area (Å²) in [6.07, 6.45) is 4.28. The molecule has 98 valence electrons. The summed E-state index contributed by atoms with van der Waals surface area (Å²) in [5.41, 5.74) is 6.29. The van der Waals surface area contributed by atoms with Crippen LogP contribution >= 0.6 is 23.1 Å². The highest BCUT2D eigenvalue weighted by Gasteiger charge is 2.29. The molecule has 0 saturated heterocycles. The number of rotatable bonds is 4. The first kappa shape index (κ1) is 13.4. The molecule has 1 aromatic rings. The molecular weight excluding hydrogens is 272 g/mol. The number of hydrogen-bond donors (Lipinski definition) is 3. The van der Waals surface area contributed by atoms with Gasteiger partial charge < -0.3 is 5.11 Å². The lowest BCUT2D eigenvalue weighted by molar-refractivity contribution is -0.110. The van der Waals surface area contributed by atoms with E-state index in [4.69, 9.17) is 0 Å². The van der Waals surface area contributed by atoms with Gasteiger partial charge in [-0.3, -0.25) is 20.4 Å². The van der Waals surface area contributed by atoms with Crippen molar-refractivity contribution in [3.05, 3.63) is 16.0 Å². The van der Waals surface area contributed by atoms with Crippen molar-refractivity contribution in [3.63, 3.8) is 0 Å². The Labute approximate surface area is 113 Å². The van der Waals surface area contributed by atoms with E-state index in [2.05, 4.69) is 10.9 Å². The lowest BCUT2D eigenvalue weighted by atomic mass is 9.91. The van der Waals surface area contributed by atoms with Crippen molar-refractivity contribution in [3.8, 4) is 0 Å². The van der Waals surface area contributed by atoms with E-state index in [1.54, 1.807) is 0 Å². The number of aliphatic hydroxyl groups excluding tert-OH is 1. The second-order valence-corrected chi connectivity index (χ2v) is 6.03. The minimum atomic E-state index is -0.479. The van der Waals surface area contributed by atoms with Gasteiger partial charge in [-0.05, 0) is 31.1 Å². The molecule has 1 atom stereocenters. The third kappa shape index (κ3) is 2.38. The number of hydrogen-bond acceptors (Lipinski definition) is 5. The van der Waals surface area contributed by atoms with Gasteiger partial charge in [-0.15, -0.1) is 23.1 Å². The summed E-state index contributed by atoms with van der Waals surface area (Å²) < 4.78 is 0.980.